The molecule has 146 valence electrons. The Bertz CT molecular complexity index is 995. The fourth-order valence-corrected chi connectivity index (χ4v) is 3.67. The third-order valence-electron chi connectivity index (χ3n) is 5.11. The van der Waals surface area contributed by atoms with Crippen molar-refractivity contribution in [2.24, 2.45) is 0 Å². The number of aryl methyl sites for hydroxylation is 1. The summed E-state index contributed by atoms with van der Waals surface area (Å²) in [6.07, 6.45) is -2.82. The molecule has 5 nitrogen and oxygen atoms in total. The van der Waals surface area contributed by atoms with E-state index in [-0.39, 0.29) is 23.1 Å². The first-order valence-corrected chi connectivity index (χ1v) is 9.11. The highest BCUT2D eigenvalue weighted by atomic mass is 19.4. The lowest BCUT2D eigenvalue weighted by Gasteiger charge is -2.32. The third kappa shape index (κ3) is 3.46. The largest absolute Gasteiger partial charge is 0.433 e. The van der Waals surface area contributed by atoms with E-state index in [9.17, 15) is 18.0 Å². The zero-order valence-electron chi connectivity index (χ0n) is 15.3. The van der Waals surface area contributed by atoms with Crippen LogP contribution in [0.3, 0.4) is 0 Å². The van der Waals surface area contributed by atoms with Gasteiger partial charge in [0.15, 0.2) is 0 Å². The SMILES string of the molecule is Cc1nc(C(F)(F)F)ccc1C(=O)N1CCCC(c2nc3ccccc3[nH]2)C1. The maximum Gasteiger partial charge on any atom is 0.433 e. The number of alkyl halides is 3. The van der Waals surface area contributed by atoms with E-state index in [1.165, 1.54) is 13.0 Å². The first-order chi connectivity index (χ1) is 13.3. The number of halogens is 3. The summed E-state index contributed by atoms with van der Waals surface area (Å²) in [6, 6.07) is 9.82. The molecule has 1 N–H and O–H groups in total. The van der Waals surface area contributed by atoms with E-state index < -0.39 is 11.9 Å². The zero-order valence-corrected chi connectivity index (χ0v) is 15.3. The van der Waals surface area contributed by atoms with Crippen molar-refractivity contribution in [1.82, 2.24) is 19.9 Å². The van der Waals surface area contributed by atoms with Crippen LogP contribution in [-0.4, -0.2) is 38.8 Å². The molecule has 4 rings (SSSR count). The number of aromatic amines is 1. The van der Waals surface area contributed by atoms with Gasteiger partial charge in [-0.05, 0) is 44.0 Å². The number of hydrogen-bond acceptors (Lipinski definition) is 3. The van der Waals surface area contributed by atoms with Crippen LogP contribution < -0.4 is 0 Å². The molecule has 0 radical (unpaired) electrons. The van der Waals surface area contributed by atoms with Crippen LogP contribution in [0.2, 0.25) is 0 Å². The van der Waals surface area contributed by atoms with Crippen molar-refractivity contribution in [1.29, 1.82) is 0 Å². The molecule has 28 heavy (non-hydrogen) atoms. The molecule has 0 bridgehead atoms. The van der Waals surface area contributed by atoms with Crippen LogP contribution >= 0.6 is 0 Å². The van der Waals surface area contributed by atoms with Gasteiger partial charge >= 0.3 is 6.18 Å². The molecule has 1 aliphatic heterocycles. The van der Waals surface area contributed by atoms with E-state index >= 15 is 0 Å². The van der Waals surface area contributed by atoms with Gasteiger partial charge in [-0.15, -0.1) is 0 Å². The highest BCUT2D eigenvalue weighted by molar-refractivity contribution is 5.95. The first kappa shape index (κ1) is 18.5. The second-order valence-electron chi connectivity index (χ2n) is 7.06. The van der Waals surface area contributed by atoms with Gasteiger partial charge in [0.05, 0.1) is 22.3 Å². The predicted molar refractivity (Wildman–Crippen MR) is 97.9 cm³/mol. The number of hydrogen-bond donors (Lipinski definition) is 1. The number of piperidine rings is 1. The molecule has 1 amide bonds. The van der Waals surface area contributed by atoms with Gasteiger partial charge in [-0.25, -0.2) is 9.97 Å². The molecular formula is C20H19F3N4O. The average Bonchev–Trinajstić information content (AvgIpc) is 3.11. The number of carbonyl (C=O) groups is 1. The van der Waals surface area contributed by atoms with Crippen LogP contribution in [-0.2, 0) is 6.18 Å². The van der Waals surface area contributed by atoms with Gasteiger partial charge in [0.1, 0.15) is 11.5 Å². The lowest BCUT2D eigenvalue weighted by molar-refractivity contribution is -0.141. The number of fused-ring (bicyclic) bond motifs is 1. The topological polar surface area (TPSA) is 61.9 Å². The molecule has 1 aromatic carbocycles. The summed E-state index contributed by atoms with van der Waals surface area (Å²) in [4.78, 5) is 26.1. The Morgan fingerprint density at radius 3 is 2.68 bits per heavy atom. The second-order valence-corrected chi connectivity index (χ2v) is 7.06. The van der Waals surface area contributed by atoms with E-state index in [1.807, 2.05) is 24.3 Å². The zero-order chi connectivity index (χ0) is 19.9. The van der Waals surface area contributed by atoms with E-state index in [1.54, 1.807) is 4.90 Å². The Labute approximate surface area is 159 Å². The number of para-hydroxylation sites is 2. The number of rotatable bonds is 2. The van der Waals surface area contributed by atoms with Crippen molar-refractivity contribution in [3.63, 3.8) is 0 Å². The number of pyridine rings is 1. The average molecular weight is 388 g/mol. The summed E-state index contributed by atoms with van der Waals surface area (Å²) < 4.78 is 38.4. The summed E-state index contributed by atoms with van der Waals surface area (Å²) >= 11 is 0. The fraction of sp³-hybridized carbons (Fsp3) is 0.350. The Kier molecular flexibility index (Phi) is 4.56. The summed E-state index contributed by atoms with van der Waals surface area (Å²) in [5.74, 6) is 0.605. The van der Waals surface area contributed by atoms with Gasteiger partial charge in [-0.2, -0.15) is 13.2 Å². The minimum Gasteiger partial charge on any atom is -0.342 e. The predicted octanol–water partition coefficient (Wildman–Crippen LogP) is 4.30. The van der Waals surface area contributed by atoms with E-state index in [2.05, 4.69) is 15.0 Å². The van der Waals surface area contributed by atoms with Crippen LogP contribution in [0.4, 0.5) is 13.2 Å². The number of likely N-dealkylation sites (tertiary alicyclic amines) is 1. The lowest BCUT2D eigenvalue weighted by Crippen LogP contribution is -2.39. The van der Waals surface area contributed by atoms with E-state index in [0.29, 0.717) is 13.1 Å². The summed E-state index contributed by atoms with van der Waals surface area (Å²) in [5.41, 5.74) is 1.14. The van der Waals surface area contributed by atoms with Crippen LogP contribution in [0.25, 0.3) is 11.0 Å². The summed E-state index contributed by atoms with van der Waals surface area (Å²) in [7, 11) is 0. The maximum atomic E-state index is 12.9. The highest BCUT2D eigenvalue weighted by Gasteiger charge is 2.34. The van der Waals surface area contributed by atoms with Crippen LogP contribution in [0, 0.1) is 6.92 Å². The van der Waals surface area contributed by atoms with Crippen molar-refractivity contribution in [3.05, 3.63) is 59.2 Å². The van der Waals surface area contributed by atoms with Crippen molar-refractivity contribution in [2.45, 2.75) is 31.9 Å². The normalized spacial score (nSPS) is 17.9. The molecule has 1 aliphatic rings. The van der Waals surface area contributed by atoms with E-state index in [0.717, 1.165) is 35.8 Å². The van der Waals surface area contributed by atoms with Crippen molar-refractivity contribution in [2.75, 3.05) is 13.1 Å². The van der Waals surface area contributed by atoms with Crippen molar-refractivity contribution < 1.29 is 18.0 Å². The quantitative estimate of drug-likeness (QED) is 0.712. The van der Waals surface area contributed by atoms with Gasteiger partial charge in [-0.3, -0.25) is 4.79 Å². The Hall–Kier alpha value is -2.90. The Morgan fingerprint density at radius 1 is 1.18 bits per heavy atom. The minimum atomic E-state index is -4.52. The van der Waals surface area contributed by atoms with Gasteiger partial charge in [-0.1, -0.05) is 12.1 Å². The monoisotopic (exact) mass is 388 g/mol. The van der Waals surface area contributed by atoms with Gasteiger partial charge < -0.3 is 9.88 Å². The number of amides is 1. The highest BCUT2D eigenvalue weighted by Crippen LogP contribution is 2.30. The molecule has 1 fully saturated rings. The standard InChI is InChI=1S/C20H19F3N4O/c1-12-14(8-9-17(24-12)20(21,22)23)19(28)27-10-4-5-13(11-27)18-25-15-6-2-3-7-16(15)26-18/h2-3,6-9,13H,4-5,10-11H2,1H3,(H,25,26). The number of carbonyl (C=O) groups excluding carboxylic acids is 1. The molecule has 8 heteroatoms. The van der Waals surface area contributed by atoms with Crippen molar-refractivity contribution in [3.8, 4) is 0 Å². The summed E-state index contributed by atoms with van der Waals surface area (Å²) in [5, 5.41) is 0. The van der Waals surface area contributed by atoms with Crippen LogP contribution in [0.1, 0.15) is 46.3 Å². The number of imidazole rings is 1. The molecule has 0 saturated carbocycles. The second kappa shape index (κ2) is 6.92. The van der Waals surface area contributed by atoms with E-state index in [4.69, 9.17) is 0 Å². The Balaban J connectivity index is 1.55. The molecule has 2 aromatic heterocycles. The fourth-order valence-electron chi connectivity index (χ4n) is 3.67. The number of nitrogens with one attached hydrogen (secondary N) is 1. The molecule has 3 heterocycles. The van der Waals surface area contributed by atoms with Crippen LogP contribution in [0.5, 0.6) is 0 Å². The molecule has 0 aliphatic carbocycles. The molecule has 1 unspecified atom stereocenters. The van der Waals surface area contributed by atoms with Gasteiger partial charge in [0.2, 0.25) is 0 Å². The number of benzene rings is 1. The Morgan fingerprint density at radius 2 is 1.96 bits per heavy atom. The van der Waals surface area contributed by atoms with Crippen LogP contribution in [0.15, 0.2) is 36.4 Å². The number of nitrogens with zero attached hydrogens (tertiary/aromatic N) is 3. The van der Waals surface area contributed by atoms with Crippen molar-refractivity contribution >= 4 is 16.9 Å². The van der Waals surface area contributed by atoms with Gasteiger partial charge in [0.25, 0.3) is 5.91 Å². The third-order valence-corrected chi connectivity index (χ3v) is 5.11. The molecule has 1 saturated heterocycles. The summed E-state index contributed by atoms with van der Waals surface area (Å²) in [6.45, 7) is 2.47. The minimum absolute atomic E-state index is 0.0628. The lowest BCUT2D eigenvalue weighted by atomic mass is 9.96. The first-order valence-electron chi connectivity index (χ1n) is 9.11. The smallest absolute Gasteiger partial charge is 0.342 e. The number of H-pyrrole nitrogens is 1. The molecule has 0 spiro atoms. The number of aromatic nitrogens is 3. The molecular weight excluding hydrogens is 369 g/mol. The molecule has 3 aromatic rings. The molecule has 1 atom stereocenters. The van der Waals surface area contributed by atoms with Gasteiger partial charge in [0, 0.05) is 19.0 Å². The maximum absolute atomic E-state index is 12.9.